The van der Waals surface area contributed by atoms with Crippen molar-refractivity contribution in [2.75, 3.05) is 18.1 Å². The zero-order valence-corrected chi connectivity index (χ0v) is 23.8. The van der Waals surface area contributed by atoms with E-state index in [1.807, 2.05) is 0 Å². The van der Waals surface area contributed by atoms with Gasteiger partial charge in [0.15, 0.2) is 24.8 Å². The lowest BCUT2D eigenvalue weighted by atomic mass is 10.1. The highest BCUT2D eigenvalue weighted by atomic mass is 16.6. The summed E-state index contributed by atoms with van der Waals surface area (Å²) in [7, 11) is 0. The molecule has 0 unspecified atom stereocenters. The lowest BCUT2D eigenvalue weighted by Gasteiger charge is -2.14. The molecule has 4 aromatic carbocycles. The minimum Gasteiger partial charge on any atom is -0.454 e. The molecule has 5 rings (SSSR count). The quantitative estimate of drug-likeness (QED) is 0.0737. The Morgan fingerprint density at radius 2 is 0.957 bits per heavy atom. The summed E-state index contributed by atoms with van der Waals surface area (Å²) >= 11 is 0. The second kappa shape index (κ2) is 13.0. The number of Topliss-reactive ketones (excluding diaryl/α,β-unsaturated/α-hetero) is 2. The van der Waals surface area contributed by atoms with Crippen LogP contribution >= 0.6 is 0 Å². The van der Waals surface area contributed by atoms with Crippen molar-refractivity contribution in [2.24, 2.45) is 0 Å². The van der Waals surface area contributed by atoms with Crippen LogP contribution in [-0.2, 0) is 9.47 Å². The molecule has 1 aliphatic rings. The van der Waals surface area contributed by atoms with Crippen LogP contribution in [-0.4, -0.2) is 58.4 Å². The van der Waals surface area contributed by atoms with E-state index < -0.39 is 58.4 Å². The summed E-state index contributed by atoms with van der Waals surface area (Å²) in [5.74, 6) is -4.47. The molecule has 15 heteroatoms. The molecule has 4 aromatic rings. The van der Waals surface area contributed by atoms with Gasteiger partial charge in [-0.25, -0.2) is 14.5 Å². The van der Waals surface area contributed by atoms with Gasteiger partial charge in [-0.05, 0) is 66.7 Å². The Labute approximate surface area is 263 Å². The fourth-order valence-corrected chi connectivity index (χ4v) is 4.48. The van der Waals surface area contributed by atoms with Gasteiger partial charge in [0.1, 0.15) is 0 Å². The van der Waals surface area contributed by atoms with Crippen LogP contribution in [0.25, 0.3) is 0 Å². The Morgan fingerprint density at radius 3 is 1.43 bits per heavy atom. The minimum atomic E-state index is -0.948. The van der Waals surface area contributed by atoms with Crippen LogP contribution in [0.4, 0.5) is 17.1 Å². The predicted molar refractivity (Wildman–Crippen MR) is 159 cm³/mol. The highest BCUT2D eigenvalue weighted by Gasteiger charge is 2.37. The number of anilines is 1. The molecule has 1 heterocycles. The third kappa shape index (κ3) is 6.63. The molecule has 0 aliphatic carbocycles. The minimum absolute atomic E-state index is 0.00162. The second-order valence-corrected chi connectivity index (χ2v) is 9.86. The largest absolute Gasteiger partial charge is 0.454 e. The van der Waals surface area contributed by atoms with Gasteiger partial charge in [-0.3, -0.25) is 39.4 Å². The van der Waals surface area contributed by atoms with Crippen LogP contribution in [0, 0.1) is 20.2 Å². The Kier molecular flexibility index (Phi) is 8.71. The molecule has 0 N–H and O–H groups in total. The number of nitrogens with zero attached hydrogens (tertiary/aromatic N) is 3. The Bertz CT molecular complexity index is 1990. The van der Waals surface area contributed by atoms with Crippen molar-refractivity contribution in [2.45, 2.75) is 0 Å². The fourth-order valence-electron chi connectivity index (χ4n) is 4.48. The van der Waals surface area contributed by atoms with Gasteiger partial charge >= 0.3 is 11.9 Å². The lowest BCUT2D eigenvalue weighted by molar-refractivity contribution is -0.385. The van der Waals surface area contributed by atoms with E-state index in [2.05, 4.69) is 0 Å². The molecular weight excluding hydrogens is 618 g/mol. The second-order valence-electron chi connectivity index (χ2n) is 9.86. The number of rotatable bonds is 11. The molecule has 0 spiro atoms. The number of benzene rings is 4. The average Bonchev–Trinajstić information content (AvgIpc) is 3.34. The van der Waals surface area contributed by atoms with Gasteiger partial charge in [-0.1, -0.05) is 0 Å². The van der Waals surface area contributed by atoms with Gasteiger partial charge in [-0.2, -0.15) is 0 Å². The maximum atomic E-state index is 13.2. The smallest absolute Gasteiger partial charge is 0.338 e. The third-order valence-electron chi connectivity index (χ3n) is 6.95. The number of carbonyl (C=O) groups is 6. The van der Waals surface area contributed by atoms with Crippen LogP contribution in [0.2, 0.25) is 0 Å². The van der Waals surface area contributed by atoms with Crippen LogP contribution in [0.15, 0.2) is 91.0 Å². The first-order chi connectivity index (χ1) is 22.4. The Balaban J connectivity index is 1.20. The summed E-state index contributed by atoms with van der Waals surface area (Å²) < 4.78 is 10.1. The molecule has 234 valence electrons. The number of carbonyl (C=O) groups excluding carboxylic acids is 6. The van der Waals surface area contributed by atoms with Gasteiger partial charge in [0, 0.05) is 35.4 Å². The zero-order chi connectivity index (χ0) is 33.8. The van der Waals surface area contributed by atoms with Crippen molar-refractivity contribution in [3.05, 3.63) is 145 Å². The Morgan fingerprint density at radius 1 is 0.553 bits per heavy atom. The van der Waals surface area contributed by atoms with Gasteiger partial charge in [-0.15, -0.1) is 0 Å². The predicted octanol–water partition coefficient (Wildman–Crippen LogP) is 4.38. The summed E-state index contributed by atoms with van der Waals surface area (Å²) in [6, 6.07) is 18.4. The number of ketones is 2. The molecule has 2 amide bonds. The van der Waals surface area contributed by atoms with Gasteiger partial charge in [0.25, 0.3) is 23.2 Å². The first kappa shape index (κ1) is 31.5. The van der Waals surface area contributed by atoms with Crippen LogP contribution < -0.4 is 4.90 Å². The van der Waals surface area contributed by atoms with E-state index in [1.54, 1.807) is 0 Å². The van der Waals surface area contributed by atoms with Crippen molar-refractivity contribution < 1.29 is 48.1 Å². The van der Waals surface area contributed by atoms with Crippen LogP contribution in [0.5, 0.6) is 0 Å². The molecule has 15 nitrogen and oxygen atoms in total. The summed E-state index contributed by atoms with van der Waals surface area (Å²) in [5.41, 5.74) is -0.310. The van der Waals surface area contributed by atoms with Crippen molar-refractivity contribution in [3.63, 3.8) is 0 Å². The number of ether oxygens (including phenoxy) is 2. The molecule has 0 saturated heterocycles. The summed E-state index contributed by atoms with van der Waals surface area (Å²) in [6.45, 7) is -1.31. The zero-order valence-electron chi connectivity index (χ0n) is 23.8. The number of esters is 2. The first-order valence-corrected chi connectivity index (χ1v) is 13.5. The number of amides is 2. The fraction of sp³-hybridized carbons (Fsp3) is 0.0625. The SMILES string of the molecule is O=C(COC(=O)c1ccc(N2C(=O)c3ccc(C(=O)OCC(=O)c4ccc([N+](=O)[O-])cc4)cc3C2=O)cc1)c1ccc([N+](=O)[O-])cc1. The highest BCUT2D eigenvalue weighted by molar-refractivity contribution is 6.34. The van der Waals surface area contributed by atoms with E-state index in [1.165, 1.54) is 60.7 Å². The standard InChI is InChI=1S/C32H19N3O12/c36-27(18-1-10-23(11-2-18)34(42)43)16-46-31(40)20-5-8-22(9-6-20)33-29(38)25-14-7-21(15-26(25)30(33)39)32(41)47-17-28(37)19-3-12-24(13-4-19)35(44)45/h1-15H,16-17H2. The topological polar surface area (TPSA) is 210 Å². The van der Waals surface area contributed by atoms with E-state index in [4.69, 9.17) is 9.47 Å². The molecule has 0 aromatic heterocycles. The van der Waals surface area contributed by atoms with E-state index in [9.17, 15) is 49.0 Å². The Hall–Kier alpha value is -6.90. The maximum Gasteiger partial charge on any atom is 0.338 e. The lowest BCUT2D eigenvalue weighted by Crippen LogP contribution is -2.29. The third-order valence-corrected chi connectivity index (χ3v) is 6.95. The van der Waals surface area contributed by atoms with Crippen LogP contribution in [0.3, 0.4) is 0 Å². The molecule has 0 fully saturated rings. The molecule has 0 atom stereocenters. The first-order valence-electron chi connectivity index (χ1n) is 13.5. The van der Waals surface area contributed by atoms with E-state index in [0.29, 0.717) is 0 Å². The number of non-ortho nitro benzene ring substituents is 2. The number of hydrogen-bond donors (Lipinski definition) is 0. The molecule has 47 heavy (non-hydrogen) atoms. The number of fused-ring (bicyclic) bond motifs is 1. The summed E-state index contributed by atoms with van der Waals surface area (Å²) in [5, 5.41) is 21.5. The molecular formula is C32H19N3O12. The van der Waals surface area contributed by atoms with Crippen LogP contribution in [0.1, 0.15) is 62.1 Å². The molecule has 0 saturated carbocycles. The van der Waals surface area contributed by atoms with Crippen molar-refractivity contribution in [1.82, 2.24) is 0 Å². The maximum absolute atomic E-state index is 13.2. The highest BCUT2D eigenvalue weighted by Crippen LogP contribution is 2.30. The van der Waals surface area contributed by atoms with Crippen molar-refractivity contribution in [3.8, 4) is 0 Å². The average molecular weight is 638 g/mol. The van der Waals surface area contributed by atoms with Gasteiger partial charge in [0.2, 0.25) is 0 Å². The molecule has 0 bridgehead atoms. The summed E-state index contributed by atoms with van der Waals surface area (Å²) in [6.07, 6.45) is 0. The van der Waals surface area contributed by atoms with Gasteiger partial charge < -0.3 is 9.47 Å². The molecule has 0 radical (unpaired) electrons. The van der Waals surface area contributed by atoms with Gasteiger partial charge in [0.05, 0.1) is 37.8 Å². The number of nitro benzene ring substituents is 2. The normalized spacial score (nSPS) is 11.9. The van der Waals surface area contributed by atoms with E-state index in [-0.39, 0.29) is 50.4 Å². The number of nitro groups is 2. The number of imide groups is 1. The van der Waals surface area contributed by atoms with Crippen molar-refractivity contribution in [1.29, 1.82) is 0 Å². The summed E-state index contributed by atoms with van der Waals surface area (Å²) in [4.78, 5) is 97.1. The van der Waals surface area contributed by atoms with E-state index in [0.717, 1.165) is 35.2 Å². The monoisotopic (exact) mass is 637 g/mol. The van der Waals surface area contributed by atoms with E-state index >= 15 is 0 Å². The number of hydrogen-bond acceptors (Lipinski definition) is 12. The molecule has 1 aliphatic heterocycles. The van der Waals surface area contributed by atoms with Crippen molar-refractivity contribution >= 4 is 52.4 Å².